The molecule has 1 aliphatic carbocycles. The maximum atomic E-state index is 9.90. The molecule has 2 aliphatic rings. The van der Waals surface area contributed by atoms with Crippen LogP contribution in [0.1, 0.15) is 73.3 Å². The maximum absolute atomic E-state index is 9.90. The lowest BCUT2D eigenvalue weighted by molar-refractivity contribution is 0.119. The van der Waals surface area contributed by atoms with E-state index in [1.54, 1.807) is 20.3 Å². The molecule has 5 nitrogen and oxygen atoms in total. The minimum Gasteiger partial charge on any atom is -0.508 e. The lowest BCUT2D eigenvalue weighted by Gasteiger charge is -2.38. The number of aryl methyl sites for hydroxylation is 2. The summed E-state index contributed by atoms with van der Waals surface area (Å²) in [6.07, 6.45) is 8.89. The number of nitrogens with zero attached hydrogens (tertiary/aromatic N) is 1. The second-order valence-corrected chi connectivity index (χ2v) is 12.8. The number of methoxy groups -OCH3 is 2. The molecule has 2 N–H and O–H groups in total. The molecule has 1 atom stereocenters. The number of anilines is 1. The first-order valence-electron chi connectivity index (χ1n) is 15.4. The van der Waals surface area contributed by atoms with Crippen LogP contribution in [0.5, 0.6) is 17.2 Å². The summed E-state index contributed by atoms with van der Waals surface area (Å²) in [5, 5.41) is 13.6. The van der Waals surface area contributed by atoms with Crippen molar-refractivity contribution in [2.45, 2.75) is 71.1 Å². The molecule has 0 aromatic heterocycles. The van der Waals surface area contributed by atoms with E-state index in [-0.39, 0.29) is 0 Å². The number of piperidine rings is 1. The fourth-order valence-corrected chi connectivity index (χ4v) is 6.80. The molecule has 1 fully saturated rings. The van der Waals surface area contributed by atoms with Gasteiger partial charge in [-0.1, -0.05) is 44.2 Å². The Morgan fingerprint density at radius 2 is 1.66 bits per heavy atom. The van der Waals surface area contributed by atoms with Gasteiger partial charge in [0.15, 0.2) is 11.5 Å². The van der Waals surface area contributed by atoms with Crippen molar-refractivity contribution >= 4 is 5.69 Å². The van der Waals surface area contributed by atoms with Crippen LogP contribution < -0.4 is 14.8 Å². The zero-order chi connectivity index (χ0) is 28.8. The van der Waals surface area contributed by atoms with E-state index in [0.717, 1.165) is 68.8 Å². The molecule has 220 valence electrons. The highest BCUT2D eigenvalue weighted by Gasteiger charge is 2.26. The summed E-state index contributed by atoms with van der Waals surface area (Å²) in [4.78, 5) is 2.64. The van der Waals surface area contributed by atoms with Crippen LogP contribution in [0, 0.1) is 5.41 Å². The summed E-state index contributed by atoms with van der Waals surface area (Å²) in [7, 11) is 3.40. The zero-order valence-corrected chi connectivity index (χ0v) is 25.5. The number of nitrogens with one attached hydrogen (secondary N) is 1. The second-order valence-electron chi connectivity index (χ2n) is 12.8. The fourth-order valence-electron chi connectivity index (χ4n) is 6.80. The van der Waals surface area contributed by atoms with E-state index in [1.165, 1.54) is 53.7 Å². The van der Waals surface area contributed by atoms with Crippen molar-refractivity contribution in [2.75, 3.05) is 45.7 Å². The minimum absolute atomic E-state index is 0.354. The number of benzene rings is 3. The molecular weight excluding hydrogens is 508 g/mol. The molecule has 0 bridgehead atoms. The van der Waals surface area contributed by atoms with Gasteiger partial charge in [-0.3, -0.25) is 0 Å². The molecule has 41 heavy (non-hydrogen) atoms. The first-order valence-corrected chi connectivity index (χ1v) is 15.4. The number of ether oxygens (including phenoxy) is 2. The highest BCUT2D eigenvalue weighted by atomic mass is 16.5. The minimum atomic E-state index is 0.354. The van der Waals surface area contributed by atoms with E-state index in [4.69, 9.17) is 9.47 Å². The molecule has 0 saturated carbocycles. The second kappa shape index (κ2) is 13.2. The van der Waals surface area contributed by atoms with Gasteiger partial charge in [-0.05, 0) is 115 Å². The fraction of sp³-hybridized carbons (Fsp3) is 0.500. The topological polar surface area (TPSA) is 54.0 Å². The summed E-state index contributed by atoms with van der Waals surface area (Å²) in [6, 6.07) is 19.3. The molecule has 5 heteroatoms. The van der Waals surface area contributed by atoms with Gasteiger partial charge in [0.05, 0.1) is 14.2 Å². The lowest BCUT2D eigenvalue weighted by atomic mass is 9.79. The molecule has 0 radical (unpaired) electrons. The van der Waals surface area contributed by atoms with Crippen molar-refractivity contribution in [3.05, 3.63) is 82.4 Å². The first-order chi connectivity index (χ1) is 19.8. The smallest absolute Gasteiger partial charge is 0.162 e. The van der Waals surface area contributed by atoms with Crippen LogP contribution in [0.4, 0.5) is 5.69 Å². The standard InChI is InChI=1S/C36H48N2O3/c1-36(2)17-6-19-38(25-36)20-16-27-10-8-26(9-11-27)7-5-18-37-33-24-35(41-4)34(40-3)23-32(33)30-13-12-29-22-31(39)15-14-28(29)21-30/h8-11,14-15,22-24,30,37,39H,5-7,12-13,16-21,25H2,1-4H3/t30-/m1/s1. The van der Waals surface area contributed by atoms with Crippen molar-refractivity contribution in [1.29, 1.82) is 0 Å². The summed E-state index contributed by atoms with van der Waals surface area (Å²) in [5.41, 5.74) is 8.29. The molecule has 1 heterocycles. The van der Waals surface area contributed by atoms with Crippen LogP contribution in [0.2, 0.25) is 0 Å². The van der Waals surface area contributed by atoms with E-state index < -0.39 is 0 Å². The average molecular weight is 557 g/mol. The SMILES string of the molecule is COc1cc(NCCCc2ccc(CCN3CCCC(C)(C)C3)cc2)c([C@@H]2CCc3cc(O)ccc3C2)cc1OC. The third-order valence-electron chi connectivity index (χ3n) is 9.09. The first kappa shape index (κ1) is 29.3. The van der Waals surface area contributed by atoms with E-state index in [9.17, 15) is 5.11 Å². The van der Waals surface area contributed by atoms with E-state index >= 15 is 0 Å². The molecule has 0 spiro atoms. The van der Waals surface area contributed by atoms with Gasteiger partial charge in [0.2, 0.25) is 0 Å². The Kier molecular flexibility index (Phi) is 9.44. The third-order valence-corrected chi connectivity index (χ3v) is 9.09. The van der Waals surface area contributed by atoms with Gasteiger partial charge < -0.3 is 24.8 Å². The Morgan fingerprint density at radius 3 is 2.39 bits per heavy atom. The van der Waals surface area contributed by atoms with Crippen LogP contribution in [0.15, 0.2) is 54.6 Å². The number of phenols is 1. The Morgan fingerprint density at radius 1 is 0.927 bits per heavy atom. The lowest BCUT2D eigenvalue weighted by Crippen LogP contribution is -2.40. The number of hydrogen-bond donors (Lipinski definition) is 2. The monoisotopic (exact) mass is 556 g/mol. The van der Waals surface area contributed by atoms with Crippen molar-refractivity contribution in [1.82, 2.24) is 4.90 Å². The van der Waals surface area contributed by atoms with E-state index in [2.05, 4.69) is 66.5 Å². The van der Waals surface area contributed by atoms with Crippen molar-refractivity contribution in [3.63, 3.8) is 0 Å². The van der Waals surface area contributed by atoms with Gasteiger partial charge in [-0.15, -0.1) is 0 Å². The molecular formula is C36H48N2O3. The van der Waals surface area contributed by atoms with Crippen LogP contribution in [0.25, 0.3) is 0 Å². The Hall–Kier alpha value is -3.18. The third kappa shape index (κ3) is 7.56. The molecule has 3 aromatic carbocycles. The predicted molar refractivity (Wildman–Crippen MR) is 169 cm³/mol. The number of phenolic OH excluding ortho intramolecular Hbond substituents is 1. The highest BCUT2D eigenvalue weighted by molar-refractivity contribution is 5.62. The maximum Gasteiger partial charge on any atom is 0.162 e. The van der Waals surface area contributed by atoms with Gasteiger partial charge in [-0.25, -0.2) is 0 Å². The van der Waals surface area contributed by atoms with Gasteiger partial charge in [-0.2, -0.15) is 0 Å². The quantitative estimate of drug-likeness (QED) is 0.241. The largest absolute Gasteiger partial charge is 0.508 e. The van der Waals surface area contributed by atoms with Crippen LogP contribution in [-0.4, -0.2) is 50.4 Å². The summed E-state index contributed by atoms with van der Waals surface area (Å²) < 4.78 is 11.3. The molecule has 0 amide bonds. The molecule has 5 rings (SSSR count). The Bertz CT molecular complexity index is 1300. The molecule has 0 unspecified atom stereocenters. The van der Waals surface area contributed by atoms with Crippen LogP contribution >= 0.6 is 0 Å². The van der Waals surface area contributed by atoms with E-state index in [1.807, 2.05) is 6.07 Å². The summed E-state index contributed by atoms with van der Waals surface area (Å²) in [5.74, 6) is 2.27. The highest BCUT2D eigenvalue weighted by Crippen LogP contribution is 2.42. The number of fused-ring (bicyclic) bond motifs is 1. The van der Waals surface area contributed by atoms with Crippen LogP contribution in [-0.2, 0) is 25.7 Å². The Labute approximate surface area is 246 Å². The molecule has 1 aliphatic heterocycles. The molecule has 3 aromatic rings. The average Bonchev–Trinajstić information content (AvgIpc) is 2.97. The van der Waals surface area contributed by atoms with E-state index in [0.29, 0.717) is 17.1 Å². The van der Waals surface area contributed by atoms with Crippen LogP contribution in [0.3, 0.4) is 0 Å². The van der Waals surface area contributed by atoms with Crippen molar-refractivity contribution in [2.24, 2.45) is 5.41 Å². The normalized spacial score (nSPS) is 18.5. The number of rotatable bonds is 11. The Balaban J connectivity index is 1.17. The predicted octanol–water partition coefficient (Wildman–Crippen LogP) is 7.39. The number of likely N-dealkylation sites (tertiary alicyclic amines) is 1. The van der Waals surface area contributed by atoms with Crippen molar-refractivity contribution < 1.29 is 14.6 Å². The number of hydrogen-bond acceptors (Lipinski definition) is 5. The van der Waals surface area contributed by atoms with Gasteiger partial charge in [0, 0.05) is 31.4 Å². The van der Waals surface area contributed by atoms with Gasteiger partial charge in [0.1, 0.15) is 5.75 Å². The number of aromatic hydroxyl groups is 1. The van der Waals surface area contributed by atoms with Gasteiger partial charge >= 0.3 is 0 Å². The molecule has 1 saturated heterocycles. The summed E-state index contributed by atoms with van der Waals surface area (Å²) in [6.45, 7) is 9.32. The zero-order valence-electron chi connectivity index (χ0n) is 25.5. The van der Waals surface area contributed by atoms with Crippen molar-refractivity contribution in [3.8, 4) is 17.2 Å². The summed E-state index contributed by atoms with van der Waals surface area (Å²) >= 11 is 0. The van der Waals surface area contributed by atoms with Gasteiger partial charge in [0.25, 0.3) is 0 Å².